The van der Waals surface area contributed by atoms with Gasteiger partial charge in [0.25, 0.3) is 0 Å². The maximum atomic E-state index is 5.72. The number of guanidine groups is 1. The predicted molar refractivity (Wildman–Crippen MR) is 137 cm³/mol. The van der Waals surface area contributed by atoms with Gasteiger partial charge in [0.1, 0.15) is 5.75 Å². The van der Waals surface area contributed by atoms with Gasteiger partial charge in [-0.05, 0) is 44.9 Å². The summed E-state index contributed by atoms with van der Waals surface area (Å²) < 4.78 is 11.4. The first-order valence-corrected chi connectivity index (χ1v) is 10.8. The van der Waals surface area contributed by atoms with Crippen molar-refractivity contribution >= 4 is 29.9 Å². The van der Waals surface area contributed by atoms with Gasteiger partial charge in [0.15, 0.2) is 5.96 Å². The van der Waals surface area contributed by atoms with E-state index in [2.05, 4.69) is 47.7 Å². The summed E-state index contributed by atoms with van der Waals surface area (Å²) in [5.41, 5.74) is 3.47. The van der Waals surface area contributed by atoms with Crippen LogP contribution in [0.25, 0.3) is 0 Å². The summed E-state index contributed by atoms with van der Waals surface area (Å²) >= 11 is 0. The SMILES string of the molecule is CCNC(=NCC1(c2cc(C)ccc2OC)CCOCC1)NCCc1ccccn1.I. The van der Waals surface area contributed by atoms with Crippen molar-refractivity contribution in [1.29, 1.82) is 0 Å². The zero-order valence-electron chi connectivity index (χ0n) is 18.8. The fraction of sp³-hybridized carbons (Fsp3) is 0.500. The van der Waals surface area contributed by atoms with E-state index in [9.17, 15) is 0 Å². The van der Waals surface area contributed by atoms with Gasteiger partial charge in [-0.2, -0.15) is 0 Å². The summed E-state index contributed by atoms with van der Waals surface area (Å²) in [6.07, 6.45) is 4.56. The average Bonchev–Trinajstić information content (AvgIpc) is 2.79. The zero-order valence-corrected chi connectivity index (χ0v) is 21.1. The summed E-state index contributed by atoms with van der Waals surface area (Å²) in [6.45, 7) is 8.00. The van der Waals surface area contributed by atoms with Crippen LogP contribution in [-0.2, 0) is 16.6 Å². The molecule has 1 aromatic heterocycles. The molecule has 31 heavy (non-hydrogen) atoms. The molecule has 0 bridgehead atoms. The first kappa shape index (κ1) is 25.4. The van der Waals surface area contributed by atoms with Crippen LogP contribution in [0.5, 0.6) is 5.75 Å². The Balaban J connectivity index is 0.00000341. The molecule has 1 saturated heterocycles. The van der Waals surface area contributed by atoms with Crippen LogP contribution >= 0.6 is 24.0 Å². The molecule has 0 saturated carbocycles. The Kier molecular flexibility index (Phi) is 10.5. The van der Waals surface area contributed by atoms with Gasteiger partial charge in [0.05, 0.1) is 13.7 Å². The lowest BCUT2D eigenvalue weighted by Gasteiger charge is -2.37. The van der Waals surface area contributed by atoms with Crippen LogP contribution in [-0.4, -0.2) is 50.9 Å². The van der Waals surface area contributed by atoms with Crippen molar-refractivity contribution in [1.82, 2.24) is 15.6 Å². The van der Waals surface area contributed by atoms with E-state index in [0.29, 0.717) is 6.54 Å². The molecule has 2 aromatic rings. The normalized spacial score (nSPS) is 15.6. The maximum absolute atomic E-state index is 5.72. The second kappa shape index (κ2) is 12.9. The number of aromatic nitrogens is 1. The molecule has 6 nitrogen and oxygen atoms in total. The first-order valence-electron chi connectivity index (χ1n) is 10.8. The van der Waals surface area contributed by atoms with Crippen LogP contribution in [0.1, 0.15) is 36.6 Å². The number of hydrogen-bond acceptors (Lipinski definition) is 4. The fourth-order valence-corrected chi connectivity index (χ4v) is 3.94. The van der Waals surface area contributed by atoms with Gasteiger partial charge in [-0.15, -0.1) is 24.0 Å². The molecule has 170 valence electrons. The topological polar surface area (TPSA) is 67.8 Å². The van der Waals surface area contributed by atoms with E-state index in [1.807, 2.05) is 24.4 Å². The minimum atomic E-state index is -0.0844. The maximum Gasteiger partial charge on any atom is 0.191 e. The highest BCUT2D eigenvalue weighted by Gasteiger charge is 2.37. The van der Waals surface area contributed by atoms with E-state index in [1.54, 1.807) is 7.11 Å². The van der Waals surface area contributed by atoms with E-state index < -0.39 is 0 Å². The number of hydrogen-bond donors (Lipinski definition) is 2. The minimum Gasteiger partial charge on any atom is -0.496 e. The number of nitrogens with one attached hydrogen (secondary N) is 2. The Morgan fingerprint density at radius 2 is 2.00 bits per heavy atom. The van der Waals surface area contributed by atoms with Crippen LogP contribution in [0.3, 0.4) is 0 Å². The fourth-order valence-electron chi connectivity index (χ4n) is 3.94. The number of benzene rings is 1. The van der Waals surface area contributed by atoms with Crippen molar-refractivity contribution in [3.05, 3.63) is 59.4 Å². The predicted octanol–water partition coefficient (Wildman–Crippen LogP) is 3.86. The molecule has 0 spiro atoms. The number of aryl methyl sites for hydroxylation is 1. The van der Waals surface area contributed by atoms with Gasteiger partial charge in [-0.25, -0.2) is 0 Å². The Morgan fingerprint density at radius 3 is 2.68 bits per heavy atom. The Hall–Kier alpha value is -1.87. The molecule has 1 aromatic carbocycles. The van der Waals surface area contributed by atoms with Crippen LogP contribution in [0.4, 0.5) is 0 Å². The Bertz CT molecular complexity index is 824. The van der Waals surface area contributed by atoms with Gasteiger partial charge in [-0.3, -0.25) is 9.98 Å². The van der Waals surface area contributed by atoms with Crippen molar-refractivity contribution in [2.45, 2.75) is 38.5 Å². The number of methoxy groups -OCH3 is 1. The third-order valence-electron chi connectivity index (χ3n) is 5.66. The first-order chi connectivity index (χ1) is 14.7. The monoisotopic (exact) mass is 538 g/mol. The molecule has 1 fully saturated rings. The van der Waals surface area contributed by atoms with Gasteiger partial charge in [0.2, 0.25) is 0 Å². The van der Waals surface area contributed by atoms with Gasteiger partial charge < -0.3 is 20.1 Å². The van der Waals surface area contributed by atoms with Crippen molar-refractivity contribution in [3.63, 3.8) is 0 Å². The number of halogens is 1. The largest absolute Gasteiger partial charge is 0.496 e. The number of pyridine rings is 1. The van der Waals surface area contributed by atoms with E-state index in [1.165, 1.54) is 11.1 Å². The van der Waals surface area contributed by atoms with E-state index >= 15 is 0 Å². The number of nitrogens with zero attached hydrogens (tertiary/aromatic N) is 2. The molecule has 1 aliphatic rings. The smallest absolute Gasteiger partial charge is 0.191 e. The lowest BCUT2D eigenvalue weighted by atomic mass is 9.73. The molecular weight excluding hydrogens is 503 g/mol. The molecule has 2 N–H and O–H groups in total. The molecule has 0 amide bonds. The molecule has 3 rings (SSSR count). The van der Waals surface area contributed by atoms with E-state index in [0.717, 1.165) is 63.0 Å². The summed E-state index contributed by atoms with van der Waals surface area (Å²) in [5, 5.41) is 6.83. The van der Waals surface area contributed by atoms with Gasteiger partial charge in [-0.1, -0.05) is 23.8 Å². The number of ether oxygens (including phenoxy) is 2. The Morgan fingerprint density at radius 1 is 1.19 bits per heavy atom. The third kappa shape index (κ3) is 7.07. The second-order valence-electron chi connectivity index (χ2n) is 7.79. The standard InChI is InChI=1S/C24H34N4O2.HI/c1-4-25-23(27-14-10-20-7-5-6-13-26-20)28-18-24(11-15-30-16-12-24)21-17-19(2)8-9-22(21)29-3;/h5-9,13,17H,4,10-12,14-16,18H2,1-3H3,(H2,25,27,28);1H. The molecule has 2 heterocycles. The molecule has 0 aliphatic carbocycles. The zero-order chi connectivity index (χ0) is 21.2. The second-order valence-corrected chi connectivity index (χ2v) is 7.79. The van der Waals surface area contributed by atoms with Crippen LogP contribution in [0.15, 0.2) is 47.6 Å². The third-order valence-corrected chi connectivity index (χ3v) is 5.66. The summed E-state index contributed by atoms with van der Waals surface area (Å²) in [5.74, 6) is 1.77. The van der Waals surface area contributed by atoms with Crippen molar-refractivity contribution in [2.75, 3.05) is 40.0 Å². The van der Waals surface area contributed by atoms with Crippen molar-refractivity contribution in [2.24, 2.45) is 4.99 Å². The number of aliphatic imine (C=N–C) groups is 1. The van der Waals surface area contributed by atoms with Crippen molar-refractivity contribution in [3.8, 4) is 5.75 Å². The Labute approximate surface area is 203 Å². The van der Waals surface area contributed by atoms with E-state index in [-0.39, 0.29) is 29.4 Å². The van der Waals surface area contributed by atoms with Crippen molar-refractivity contribution < 1.29 is 9.47 Å². The molecule has 1 aliphatic heterocycles. The molecule has 0 unspecified atom stereocenters. The lowest BCUT2D eigenvalue weighted by Crippen LogP contribution is -2.42. The highest BCUT2D eigenvalue weighted by Crippen LogP contribution is 2.40. The summed E-state index contributed by atoms with van der Waals surface area (Å²) in [6, 6.07) is 12.4. The quantitative estimate of drug-likeness (QED) is 0.304. The van der Waals surface area contributed by atoms with Gasteiger partial charge in [0, 0.05) is 55.6 Å². The summed E-state index contributed by atoms with van der Waals surface area (Å²) in [7, 11) is 1.74. The molecule has 7 heteroatoms. The molecule has 0 atom stereocenters. The molecule has 0 radical (unpaired) electrons. The highest BCUT2D eigenvalue weighted by molar-refractivity contribution is 14.0. The number of rotatable bonds is 8. The average molecular weight is 538 g/mol. The van der Waals surface area contributed by atoms with Gasteiger partial charge >= 0.3 is 0 Å². The minimum absolute atomic E-state index is 0. The highest BCUT2D eigenvalue weighted by atomic mass is 127. The van der Waals surface area contributed by atoms with Crippen LogP contribution in [0.2, 0.25) is 0 Å². The molecular formula is C24H35IN4O2. The summed E-state index contributed by atoms with van der Waals surface area (Å²) in [4.78, 5) is 9.38. The van der Waals surface area contributed by atoms with E-state index in [4.69, 9.17) is 14.5 Å². The van der Waals surface area contributed by atoms with Crippen LogP contribution < -0.4 is 15.4 Å². The lowest BCUT2D eigenvalue weighted by molar-refractivity contribution is 0.0522. The van der Waals surface area contributed by atoms with Crippen LogP contribution in [0, 0.1) is 6.92 Å².